The maximum absolute atomic E-state index is 12.5. The standard InChI is InChI=1S/C25H30N2O4/c1-15(2)21-20(23(28)30-6)22(27-24(29)26-21)16-7-11-18(12-8-16)31-19-13-9-17(10-14-19)25(3,4)5/h7-15,22H,1-6H3,(H2,26,27,29). The second-order valence-electron chi connectivity index (χ2n) is 8.95. The first-order valence-corrected chi connectivity index (χ1v) is 10.4. The molecular weight excluding hydrogens is 392 g/mol. The highest BCUT2D eigenvalue weighted by Crippen LogP contribution is 2.32. The van der Waals surface area contributed by atoms with Gasteiger partial charge in [0.05, 0.1) is 18.7 Å². The molecule has 1 atom stereocenters. The third kappa shape index (κ3) is 5.08. The summed E-state index contributed by atoms with van der Waals surface area (Å²) >= 11 is 0. The summed E-state index contributed by atoms with van der Waals surface area (Å²) in [7, 11) is 1.34. The van der Waals surface area contributed by atoms with Crippen LogP contribution >= 0.6 is 0 Å². The zero-order valence-electron chi connectivity index (χ0n) is 18.9. The monoisotopic (exact) mass is 422 g/mol. The predicted octanol–water partition coefficient (Wildman–Crippen LogP) is 5.21. The van der Waals surface area contributed by atoms with Crippen LogP contribution in [0.15, 0.2) is 59.8 Å². The molecule has 0 spiro atoms. The van der Waals surface area contributed by atoms with Gasteiger partial charge < -0.3 is 20.1 Å². The molecule has 6 nitrogen and oxygen atoms in total. The van der Waals surface area contributed by atoms with Crippen molar-refractivity contribution in [2.75, 3.05) is 7.11 Å². The normalized spacial score (nSPS) is 16.6. The minimum atomic E-state index is -0.598. The number of ether oxygens (including phenoxy) is 2. The number of methoxy groups -OCH3 is 1. The third-order valence-electron chi connectivity index (χ3n) is 5.25. The molecule has 2 amide bonds. The maximum Gasteiger partial charge on any atom is 0.337 e. The van der Waals surface area contributed by atoms with Crippen molar-refractivity contribution >= 4 is 12.0 Å². The molecule has 0 aliphatic carbocycles. The van der Waals surface area contributed by atoms with Gasteiger partial charge in [0, 0.05) is 5.70 Å². The molecular formula is C25H30N2O4. The van der Waals surface area contributed by atoms with Crippen molar-refractivity contribution in [1.29, 1.82) is 0 Å². The summed E-state index contributed by atoms with van der Waals surface area (Å²) in [5, 5.41) is 5.57. The van der Waals surface area contributed by atoms with Crippen LogP contribution in [0, 0.1) is 5.92 Å². The average Bonchev–Trinajstić information content (AvgIpc) is 2.73. The Morgan fingerprint density at radius 3 is 2.00 bits per heavy atom. The van der Waals surface area contributed by atoms with Gasteiger partial charge in [-0.05, 0) is 46.7 Å². The summed E-state index contributed by atoms with van der Waals surface area (Å²) in [6.07, 6.45) is 0. The number of esters is 1. The first kappa shape index (κ1) is 22.4. The summed E-state index contributed by atoms with van der Waals surface area (Å²) < 4.78 is 10.9. The predicted molar refractivity (Wildman–Crippen MR) is 120 cm³/mol. The van der Waals surface area contributed by atoms with Crippen LogP contribution in [0.3, 0.4) is 0 Å². The van der Waals surface area contributed by atoms with Crippen molar-refractivity contribution in [3.63, 3.8) is 0 Å². The fourth-order valence-electron chi connectivity index (χ4n) is 3.51. The van der Waals surface area contributed by atoms with Crippen molar-refractivity contribution in [3.8, 4) is 11.5 Å². The molecule has 31 heavy (non-hydrogen) atoms. The molecule has 2 aromatic rings. The molecule has 6 heteroatoms. The number of benzene rings is 2. The van der Waals surface area contributed by atoms with Gasteiger partial charge in [0.25, 0.3) is 0 Å². The van der Waals surface area contributed by atoms with Crippen molar-refractivity contribution in [3.05, 3.63) is 70.9 Å². The molecule has 0 saturated carbocycles. The van der Waals surface area contributed by atoms with Crippen molar-refractivity contribution in [1.82, 2.24) is 10.6 Å². The number of amides is 2. The Labute approximate surface area is 183 Å². The van der Waals surface area contributed by atoms with E-state index < -0.39 is 12.0 Å². The van der Waals surface area contributed by atoms with Crippen molar-refractivity contribution < 1.29 is 19.1 Å². The largest absolute Gasteiger partial charge is 0.466 e. The first-order chi connectivity index (χ1) is 14.6. The second kappa shape index (κ2) is 8.84. The van der Waals surface area contributed by atoms with Gasteiger partial charge >= 0.3 is 12.0 Å². The van der Waals surface area contributed by atoms with Crippen LogP contribution in [0.1, 0.15) is 51.8 Å². The Balaban J connectivity index is 1.85. The lowest BCUT2D eigenvalue weighted by Crippen LogP contribution is -2.47. The van der Waals surface area contributed by atoms with Gasteiger partial charge in [-0.1, -0.05) is 58.9 Å². The lowest BCUT2D eigenvalue weighted by molar-refractivity contribution is -0.136. The number of nitrogens with one attached hydrogen (secondary N) is 2. The van der Waals surface area contributed by atoms with Crippen molar-refractivity contribution in [2.24, 2.45) is 5.92 Å². The van der Waals surface area contributed by atoms with Gasteiger partial charge in [-0.2, -0.15) is 0 Å². The molecule has 0 aromatic heterocycles. The van der Waals surface area contributed by atoms with Gasteiger partial charge in [-0.25, -0.2) is 9.59 Å². The molecule has 1 aliphatic rings. The Morgan fingerprint density at radius 1 is 0.968 bits per heavy atom. The van der Waals surface area contributed by atoms with Gasteiger partial charge in [-0.15, -0.1) is 0 Å². The van der Waals surface area contributed by atoms with E-state index in [2.05, 4.69) is 43.5 Å². The Hall–Kier alpha value is -3.28. The van der Waals surface area contributed by atoms with Crippen LogP contribution in [0.5, 0.6) is 11.5 Å². The number of carbonyl (C=O) groups excluding carboxylic acids is 2. The highest BCUT2D eigenvalue weighted by Gasteiger charge is 2.34. The number of hydrogen-bond acceptors (Lipinski definition) is 4. The third-order valence-corrected chi connectivity index (χ3v) is 5.25. The molecule has 1 unspecified atom stereocenters. The number of urea groups is 1. The van der Waals surface area contributed by atoms with E-state index >= 15 is 0 Å². The molecule has 0 radical (unpaired) electrons. The van der Waals surface area contributed by atoms with Crippen LogP contribution in [-0.2, 0) is 14.9 Å². The van der Waals surface area contributed by atoms with E-state index in [0.717, 1.165) is 11.3 Å². The molecule has 1 aliphatic heterocycles. The lowest BCUT2D eigenvalue weighted by Gasteiger charge is -2.30. The molecule has 2 aromatic carbocycles. The fraction of sp³-hybridized carbons (Fsp3) is 0.360. The smallest absolute Gasteiger partial charge is 0.337 e. The van der Waals surface area contributed by atoms with Gasteiger partial charge in [0.15, 0.2) is 0 Å². The summed E-state index contributed by atoms with van der Waals surface area (Å²) in [6, 6.07) is 14.4. The average molecular weight is 423 g/mol. The van der Waals surface area contributed by atoms with Gasteiger partial charge in [0.2, 0.25) is 0 Å². The minimum Gasteiger partial charge on any atom is -0.466 e. The summed E-state index contributed by atoms with van der Waals surface area (Å²) in [4.78, 5) is 24.7. The number of hydrogen-bond donors (Lipinski definition) is 2. The molecule has 3 rings (SSSR count). The minimum absolute atomic E-state index is 0.0404. The van der Waals surface area contributed by atoms with Crippen LogP contribution in [-0.4, -0.2) is 19.1 Å². The Bertz CT molecular complexity index is 984. The number of carbonyl (C=O) groups is 2. The Morgan fingerprint density at radius 2 is 1.52 bits per heavy atom. The molecule has 0 saturated heterocycles. The zero-order valence-corrected chi connectivity index (χ0v) is 18.9. The Kier molecular flexibility index (Phi) is 6.39. The molecule has 164 valence electrons. The van der Waals surface area contributed by atoms with E-state index in [-0.39, 0.29) is 17.4 Å². The van der Waals surface area contributed by atoms with E-state index in [1.165, 1.54) is 12.7 Å². The van der Waals surface area contributed by atoms with E-state index in [1.54, 1.807) is 0 Å². The molecule has 1 heterocycles. The number of rotatable bonds is 5. The van der Waals surface area contributed by atoms with Gasteiger partial charge in [0.1, 0.15) is 11.5 Å². The quantitative estimate of drug-likeness (QED) is 0.648. The van der Waals surface area contributed by atoms with Crippen LogP contribution in [0.2, 0.25) is 0 Å². The SMILES string of the molecule is COC(=O)C1=C(C(C)C)NC(=O)NC1c1ccc(Oc2ccc(C(C)(C)C)cc2)cc1. The summed E-state index contributed by atoms with van der Waals surface area (Å²) in [5.74, 6) is 0.898. The molecule has 0 fully saturated rings. The van der Waals surface area contributed by atoms with Gasteiger partial charge in [-0.3, -0.25) is 0 Å². The van der Waals surface area contributed by atoms with Crippen LogP contribution in [0.25, 0.3) is 0 Å². The van der Waals surface area contributed by atoms with Crippen LogP contribution < -0.4 is 15.4 Å². The lowest BCUT2D eigenvalue weighted by atomic mass is 9.87. The maximum atomic E-state index is 12.5. The fourth-order valence-corrected chi connectivity index (χ4v) is 3.51. The summed E-state index contributed by atoms with van der Waals surface area (Å²) in [6.45, 7) is 10.3. The van der Waals surface area contributed by atoms with E-state index in [4.69, 9.17) is 9.47 Å². The van der Waals surface area contributed by atoms with Crippen molar-refractivity contribution in [2.45, 2.75) is 46.1 Å². The zero-order chi connectivity index (χ0) is 22.8. The second-order valence-corrected chi connectivity index (χ2v) is 8.95. The van der Waals surface area contributed by atoms with E-state index in [1.807, 2.05) is 50.2 Å². The topological polar surface area (TPSA) is 76.7 Å². The number of allylic oxidation sites excluding steroid dienone is 1. The molecule has 2 N–H and O–H groups in total. The molecule has 0 bridgehead atoms. The summed E-state index contributed by atoms with van der Waals surface area (Å²) in [5.41, 5.74) is 3.06. The van der Waals surface area contributed by atoms with Crippen LogP contribution in [0.4, 0.5) is 4.79 Å². The van der Waals surface area contributed by atoms with E-state index in [9.17, 15) is 9.59 Å². The van der Waals surface area contributed by atoms with E-state index in [0.29, 0.717) is 17.0 Å². The first-order valence-electron chi connectivity index (χ1n) is 10.4. The highest BCUT2D eigenvalue weighted by molar-refractivity contribution is 5.95. The highest BCUT2D eigenvalue weighted by atomic mass is 16.5.